The molecule has 0 bridgehead atoms. The molecule has 2 rings (SSSR count). The molecule has 1 aliphatic rings. The molecule has 3 nitrogen and oxygen atoms in total. The van der Waals surface area contributed by atoms with Gasteiger partial charge in [-0.15, -0.1) is 0 Å². The number of nitrogens with one attached hydrogen (secondary N) is 1. The molecular formula is C13H19NO2. The van der Waals surface area contributed by atoms with Crippen molar-refractivity contribution in [3.63, 3.8) is 0 Å². The van der Waals surface area contributed by atoms with Crippen LogP contribution >= 0.6 is 0 Å². The summed E-state index contributed by atoms with van der Waals surface area (Å²) in [4.78, 5) is 0. The first-order valence-electron chi connectivity index (χ1n) is 5.79. The Labute approximate surface area is 96.8 Å². The highest BCUT2D eigenvalue weighted by Crippen LogP contribution is 2.16. The third kappa shape index (κ3) is 2.97. The summed E-state index contributed by atoms with van der Waals surface area (Å²) >= 11 is 0. The summed E-state index contributed by atoms with van der Waals surface area (Å²) in [6.07, 6.45) is 0.315. The van der Waals surface area contributed by atoms with Crippen molar-refractivity contribution < 1.29 is 9.47 Å². The minimum Gasteiger partial charge on any atom is -0.492 e. The minimum absolute atomic E-state index is 0.302. The zero-order valence-electron chi connectivity index (χ0n) is 9.90. The van der Waals surface area contributed by atoms with Crippen LogP contribution in [0.4, 0.5) is 0 Å². The minimum atomic E-state index is 0.302. The molecule has 1 saturated heterocycles. The van der Waals surface area contributed by atoms with Crippen molar-refractivity contribution in [3.8, 4) is 5.75 Å². The molecular weight excluding hydrogens is 202 g/mol. The largest absolute Gasteiger partial charge is 0.492 e. The molecule has 1 aromatic carbocycles. The van der Waals surface area contributed by atoms with E-state index in [9.17, 15) is 0 Å². The van der Waals surface area contributed by atoms with Crippen molar-refractivity contribution in [2.24, 2.45) is 0 Å². The van der Waals surface area contributed by atoms with E-state index in [1.165, 1.54) is 5.56 Å². The lowest BCUT2D eigenvalue weighted by atomic mass is 10.2. The highest BCUT2D eigenvalue weighted by atomic mass is 16.5. The molecule has 0 amide bonds. The molecule has 3 heteroatoms. The topological polar surface area (TPSA) is 30.5 Å². The van der Waals surface area contributed by atoms with Crippen molar-refractivity contribution in [2.45, 2.75) is 26.0 Å². The van der Waals surface area contributed by atoms with Gasteiger partial charge < -0.3 is 14.8 Å². The number of rotatable bonds is 3. The monoisotopic (exact) mass is 221 g/mol. The number of ether oxygens (including phenoxy) is 2. The van der Waals surface area contributed by atoms with Gasteiger partial charge in [0.05, 0.1) is 18.8 Å². The zero-order chi connectivity index (χ0) is 11.4. The molecule has 16 heavy (non-hydrogen) atoms. The normalized spacial score (nSPS) is 25.4. The van der Waals surface area contributed by atoms with Gasteiger partial charge in [0.15, 0.2) is 0 Å². The molecule has 0 aromatic heterocycles. The van der Waals surface area contributed by atoms with Crippen LogP contribution in [0, 0.1) is 6.92 Å². The maximum Gasteiger partial charge on any atom is 0.122 e. The molecule has 1 fully saturated rings. The van der Waals surface area contributed by atoms with Gasteiger partial charge in [0.1, 0.15) is 12.4 Å². The number of hydrogen-bond donors (Lipinski definition) is 1. The van der Waals surface area contributed by atoms with Gasteiger partial charge in [-0.05, 0) is 25.5 Å². The highest BCUT2D eigenvalue weighted by molar-refractivity contribution is 5.31. The van der Waals surface area contributed by atoms with Crippen molar-refractivity contribution >= 4 is 0 Å². The molecule has 0 radical (unpaired) electrons. The Morgan fingerprint density at radius 1 is 1.44 bits per heavy atom. The molecule has 0 aliphatic carbocycles. The van der Waals surface area contributed by atoms with E-state index in [0.717, 1.165) is 18.9 Å². The van der Waals surface area contributed by atoms with Crippen LogP contribution < -0.4 is 10.1 Å². The van der Waals surface area contributed by atoms with Crippen molar-refractivity contribution in [3.05, 3.63) is 29.8 Å². The van der Waals surface area contributed by atoms with Gasteiger partial charge in [0, 0.05) is 6.54 Å². The molecule has 0 saturated carbocycles. The molecule has 1 N–H and O–H groups in total. The summed E-state index contributed by atoms with van der Waals surface area (Å²) in [6, 6.07) is 8.38. The molecule has 0 spiro atoms. The van der Waals surface area contributed by atoms with Crippen molar-refractivity contribution in [1.29, 1.82) is 0 Å². The fourth-order valence-corrected chi connectivity index (χ4v) is 1.75. The van der Waals surface area contributed by atoms with Crippen molar-refractivity contribution in [1.82, 2.24) is 5.32 Å². The van der Waals surface area contributed by atoms with Crippen LogP contribution in [-0.2, 0) is 4.74 Å². The van der Waals surface area contributed by atoms with E-state index in [-0.39, 0.29) is 0 Å². The Balaban J connectivity index is 1.81. The van der Waals surface area contributed by atoms with E-state index in [1.807, 2.05) is 18.2 Å². The summed E-state index contributed by atoms with van der Waals surface area (Å²) in [7, 11) is 0. The second-order valence-corrected chi connectivity index (χ2v) is 4.33. The van der Waals surface area contributed by atoms with Crippen LogP contribution in [0.15, 0.2) is 24.3 Å². The van der Waals surface area contributed by atoms with E-state index in [1.54, 1.807) is 0 Å². The third-order valence-electron chi connectivity index (χ3n) is 2.81. The van der Waals surface area contributed by atoms with Crippen molar-refractivity contribution in [2.75, 3.05) is 19.8 Å². The maximum atomic E-state index is 5.77. The first-order valence-corrected chi connectivity index (χ1v) is 5.79. The standard InChI is InChI=1S/C13H19NO2/c1-10-5-3-4-6-13(10)16-9-12-8-15-11(2)7-14-12/h3-6,11-12,14H,7-9H2,1-2H3. The molecule has 2 unspecified atom stereocenters. The fraction of sp³-hybridized carbons (Fsp3) is 0.538. The lowest BCUT2D eigenvalue weighted by molar-refractivity contribution is 0.00450. The number of aryl methyl sites for hydroxylation is 1. The van der Waals surface area contributed by atoms with Crippen LogP contribution in [0.25, 0.3) is 0 Å². The van der Waals surface area contributed by atoms with Gasteiger partial charge in [0.2, 0.25) is 0 Å². The van der Waals surface area contributed by atoms with Crippen LogP contribution in [0.2, 0.25) is 0 Å². The lowest BCUT2D eigenvalue weighted by Crippen LogP contribution is -2.48. The van der Waals surface area contributed by atoms with Gasteiger partial charge >= 0.3 is 0 Å². The smallest absolute Gasteiger partial charge is 0.122 e. The van der Waals surface area contributed by atoms with Crippen LogP contribution in [0.3, 0.4) is 0 Å². The Kier molecular flexibility index (Phi) is 3.80. The number of benzene rings is 1. The quantitative estimate of drug-likeness (QED) is 0.843. The number of para-hydroxylation sites is 1. The van der Waals surface area contributed by atoms with E-state index < -0.39 is 0 Å². The summed E-state index contributed by atoms with van der Waals surface area (Å²) in [5.74, 6) is 0.961. The zero-order valence-corrected chi connectivity index (χ0v) is 9.90. The highest BCUT2D eigenvalue weighted by Gasteiger charge is 2.18. The molecule has 1 aliphatic heterocycles. The second-order valence-electron chi connectivity index (χ2n) is 4.33. The van der Waals surface area contributed by atoms with E-state index in [2.05, 4.69) is 25.2 Å². The van der Waals surface area contributed by atoms with Crippen LogP contribution in [0.1, 0.15) is 12.5 Å². The van der Waals surface area contributed by atoms with E-state index in [0.29, 0.717) is 18.8 Å². The first kappa shape index (κ1) is 11.4. The van der Waals surface area contributed by atoms with Gasteiger partial charge in [-0.1, -0.05) is 18.2 Å². The van der Waals surface area contributed by atoms with Crippen LogP contribution in [-0.4, -0.2) is 31.9 Å². The number of hydrogen-bond acceptors (Lipinski definition) is 3. The van der Waals surface area contributed by atoms with Gasteiger partial charge in [0.25, 0.3) is 0 Å². The van der Waals surface area contributed by atoms with E-state index >= 15 is 0 Å². The maximum absolute atomic E-state index is 5.77. The summed E-state index contributed by atoms with van der Waals surface area (Å²) in [6.45, 7) is 6.43. The molecule has 2 atom stereocenters. The Morgan fingerprint density at radius 3 is 2.94 bits per heavy atom. The summed E-state index contributed by atoms with van der Waals surface area (Å²) < 4.78 is 11.3. The average Bonchev–Trinajstić information content (AvgIpc) is 2.30. The predicted molar refractivity (Wildman–Crippen MR) is 63.9 cm³/mol. The van der Waals surface area contributed by atoms with Gasteiger partial charge in [-0.3, -0.25) is 0 Å². The predicted octanol–water partition coefficient (Wildman–Crippen LogP) is 1.75. The Morgan fingerprint density at radius 2 is 2.25 bits per heavy atom. The first-order chi connectivity index (χ1) is 7.75. The molecule has 88 valence electrons. The number of morpholine rings is 1. The molecule has 1 aromatic rings. The van der Waals surface area contributed by atoms with Crippen LogP contribution in [0.5, 0.6) is 5.75 Å². The Bertz CT molecular complexity index is 332. The summed E-state index contributed by atoms with van der Waals surface area (Å²) in [5, 5.41) is 3.41. The summed E-state index contributed by atoms with van der Waals surface area (Å²) in [5.41, 5.74) is 1.17. The SMILES string of the molecule is Cc1ccccc1OCC1COC(C)CN1. The van der Waals surface area contributed by atoms with Gasteiger partial charge in [-0.25, -0.2) is 0 Å². The lowest BCUT2D eigenvalue weighted by Gasteiger charge is -2.28. The third-order valence-corrected chi connectivity index (χ3v) is 2.81. The van der Waals surface area contributed by atoms with E-state index in [4.69, 9.17) is 9.47 Å². The average molecular weight is 221 g/mol. The van der Waals surface area contributed by atoms with Gasteiger partial charge in [-0.2, -0.15) is 0 Å². The fourth-order valence-electron chi connectivity index (χ4n) is 1.75. The Hall–Kier alpha value is -1.06. The molecule has 1 heterocycles. The second kappa shape index (κ2) is 5.32.